The zero-order valence-corrected chi connectivity index (χ0v) is 15.1. The standard InChI is InChI=1S/C21H11F4N3O2/c22-14-1-2-15(23)13(7-14)10-28-9-12-3-4-27-20(18(12)21(28)29)30-19-16(24)5-11(8-26)6-17(19)25/h1-7H,9-10H2. The second-order valence-corrected chi connectivity index (χ2v) is 6.53. The fraction of sp³-hybridized carbons (Fsp3) is 0.0952. The average molecular weight is 413 g/mol. The Labute approximate surface area is 167 Å². The topological polar surface area (TPSA) is 66.2 Å². The summed E-state index contributed by atoms with van der Waals surface area (Å²) in [5, 5.41) is 8.78. The Morgan fingerprint density at radius 3 is 2.50 bits per heavy atom. The fourth-order valence-electron chi connectivity index (χ4n) is 3.17. The number of hydrogen-bond acceptors (Lipinski definition) is 4. The first kappa shape index (κ1) is 19.4. The molecule has 1 aliphatic rings. The maximum Gasteiger partial charge on any atom is 0.260 e. The number of carbonyl (C=O) groups excluding carboxylic acids is 1. The molecule has 1 aliphatic heterocycles. The Morgan fingerprint density at radius 1 is 1.07 bits per heavy atom. The highest BCUT2D eigenvalue weighted by molar-refractivity contribution is 6.00. The van der Waals surface area contributed by atoms with Crippen LogP contribution in [0.5, 0.6) is 11.6 Å². The molecule has 30 heavy (non-hydrogen) atoms. The van der Waals surface area contributed by atoms with Crippen molar-refractivity contribution < 1.29 is 27.1 Å². The third-order valence-electron chi connectivity index (χ3n) is 4.56. The average Bonchev–Trinajstić information content (AvgIpc) is 3.03. The van der Waals surface area contributed by atoms with E-state index in [1.807, 2.05) is 0 Å². The van der Waals surface area contributed by atoms with Gasteiger partial charge in [-0.3, -0.25) is 4.79 Å². The van der Waals surface area contributed by atoms with E-state index in [4.69, 9.17) is 10.00 Å². The smallest absolute Gasteiger partial charge is 0.260 e. The summed E-state index contributed by atoms with van der Waals surface area (Å²) < 4.78 is 60.9. The lowest BCUT2D eigenvalue weighted by molar-refractivity contribution is 0.0762. The molecule has 9 heteroatoms. The number of pyridine rings is 1. The number of carbonyl (C=O) groups is 1. The lowest BCUT2D eigenvalue weighted by Gasteiger charge is -2.16. The number of ether oxygens (including phenoxy) is 1. The summed E-state index contributed by atoms with van der Waals surface area (Å²) in [6.45, 7) is -0.155. The molecular weight excluding hydrogens is 402 g/mol. The third kappa shape index (κ3) is 3.43. The molecule has 0 bridgehead atoms. The molecule has 5 nitrogen and oxygen atoms in total. The van der Waals surface area contributed by atoms with Gasteiger partial charge in [-0.05, 0) is 42.0 Å². The van der Waals surface area contributed by atoms with Gasteiger partial charge in [0.25, 0.3) is 5.91 Å². The lowest BCUT2D eigenvalue weighted by Crippen LogP contribution is -2.24. The second kappa shape index (κ2) is 7.48. The van der Waals surface area contributed by atoms with Crippen LogP contribution in [0.4, 0.5) is 17.6 Å². The van der Waals surface area contributed by atoms with Gasteiger partial charge in [0.05, 0.1) is 11.6 Å². The largest absolute Gasteiger partial charge is 0.432 e. The molecule has 1 amide bonds. The highest BCUT2D eigenvalue weighted by atomic mass is 19.1. The molecular formula is C21H11F4N3O2. The Hall–Kier alpha value is -3.93. The van der Waals surface area contributed by atoms with E-state index in [0.29, 0.717) is 5.56 Å². The summed E-state index contributed by atoms with van der Waals surface area (Å²) in [6.07, 6.45) is 1.30. The molecule has 4 rings (SSSR count). The molecule has 0 aliphatic carbocycles. The van der Waals surface area contributed by atoms with Gasteiger partial charge >= 0.3 is 0 Å². The van der Waals surface area contributed by atoms with Crippen molar-refractivity contribution in [3.05, 3.63) is 88.1 Å². The molecule has 0 spiro atoms. The molecule has 0 N–H and O–H groups in total. The Kier molecular flexibility index (Phi) is 4.83. The van der Waals surface area contributed by atoms with Gasteiger partial charge in [-0.15, -0.1) is 0 Å². The first-order chi connectivity index (χ1) is 14.4. The lowest BCUT2D eigenvalue weighted by atomic mass is 10.1. The van der Waals surface area contributed by atoms with Crippen LogP contribution in [0.3, 0.4) is 0 Å². The molecule has 0 saturated heterocycles. The van der Waals surface area contributed by atoms with Crippen LogP contribution in [-0.2, 0) is 13.1 Å². The zero-order valence-electron chi connectivity index (χ0n) is 15.1. The SMILES string of the molecule is N#Cc1cc(F)c(Oc2nccc3c2C(=O)N(Cc2cc(F)ccc2F)C3)c(F)c1. The molecule has 0 radical (unpaired) electrons. The maximum absolute atomic E-state index is 14.2. The van der Waals surface area contributed by atoms with Gasteiger partial charge in [0, 0.05) is 24.8 Å². The van der Waals surface area contributed by atoms with E-state index >= 15 is 0 Å². The first-order valence-corrected chi connectivity index (χ1v) is 8.65. The Balaban J connectivity index is 1.65. The van der Waals surface area contributed by atoms with E-state index in [-0.39, 0.29) is 35.7 Å². The Morgan fingerprint density at radius 2 is 1.80 bits per heavy atom. The molecule has 150 valence electrons. The summed E-state index contributed by atoms with van der Waals surface area (Å²) in [4.78, 5) is 18.0. The maximum atomic E-state index is 14.2. The van der Waals surface area contributed by atoms with Crippen LogP contribution in [0.25, 0.3) is 0 Å². The van der Waals surface area contributed by atoms with Crippen molar-refractivity contribution in [2.45, 2.75) is 13.1 Å². The summed E-state index contributed by atoms with van der Waals surface area (Å²) >= 11 is 0. The van der Waals surface area contributed by atoms with Gasteiger partial charge in [0.15, 0.2) is 11.6 Å². The van der Waals surface area contributed by atoms with E-state index in [1.54, 1.807) is 6.07 Å². The van der Waals surface area contributed by atoms with Gasteiger partial charge in [-0.25, -0.2) is 22.5 Å². The van der Waals surface area contributed by atoms with Crippen molar-refractivity contribution in [3.8, 4) is 17.7 Å². The van der Waals surface area contributed by atoms with Crippen molar-refractivity contribution in [3.63, 3.8) is 0 Å². The number of amides is 1. The van der Waals surface area contributed by atoms with Crippen molar-refractivity contribution in [2.75, 3.05) is 0 Å². The second-order valence-electron chi connectivity index (χ2n) is 6.53. The van der Waals surface area contributed by atoms with Gasteiger partial charge in [-0.1, -0.05) is 0 Å². The quantitative estimate of drug-likeness (QED) is 0.593. The predicted molar refractivity (Wildman–Crippen MR) is 95.3 cm³/mol. The number of fused-ring (bicyclic) bond motifs is 1. The van der Waals surface area contributed by atoms with Gasteiger partial charge in [0.1, 0.15) is 17.2 Å². The first-order valence-electron chi connectivity index (χ1n) is 8.65. The molecule has 0 atom stereocenters. The number of rotatable bonds is 4. The van der Waals surface area contributed by atoms with Crippen LogP contribution in [0, 0.1) is 34.6 Å². The van der Waals surface area contributed by atoms with Crippen molar-refractivity contribution in [1.82, 2.24) is 9.88 Å². The summed E-state index contributed by atoms with van der Waals surface area (Å²) in [5.41, 5.74) is 0.174. The zero-order chi connectivity index (χ0) is 21.4. The minimum atomic E-state index is -1.13. The number of hydrogen-bond donors (Lipinski definition) is 0. The molecule has 0 saturated carbocycles. The van der Waals surface area contributed by atoms with E-state index in [2.05, 4.69) is 4.98 Å². The van der Waals surface area contributed by atoms with E-state index in [9.17, 15) is 22.4 Å². The monoisotopic (exact) mass is 413 g/mol. The Bertz CT molecular complexity index is 1200. The van der Waals surface area contributed by atoms with Crippen LogP contribution >= 0.6 is 0 Å². The molecule has 1 aromatic heterocycles. The van der Waals surface area contributed by atoms with E-state index in [0.717, 1.165) is 30.3 Å². The van der Waals surface area contributed by atoms with Crippen LogP contribution < -0.4 is 4.74 Å². The normalized spacial score (nSPS) is 12.6. The molecule has 2 aromatic carbocycles. The molecule has 0 fully saturated rings. The minimum absolute atomic E-state index is 0.0178. The highest BCUT2D eigenvalue weighted by Crippen LogP contribution is 2.35. The van der Waals surface area contributed by atoms with Crippen molar-refractivity contribution in [1.29, 1.82) is 5.26 Å². The number of nitriles is 1. The van der Waals surface area contributed by atoms with Crippen molar-refractivity contribution in [2.24, 2.45) is 0 Å². The van der Waals surface area contributed by atoms with Gasteiger partial charge in [0.2, 0.25) is 11.6 Å². The third-order valence-corrected chi connectivity index (χ3v) is 4.56. The number of nitrogens with zero attached hydrogens (tertiary/aromatic N) is 3. The predicted octanol–water partition coefficient (Wildman–Crippen LogP) is 4.46. The number of aromatic nitrogens is 1. The van der Waals surface area contributed by atoms with Crippen LogP contribution in [0.1, 0.15) is 27.0 Å². The fourth-order valence-corrected chi connectivity index (χ4v) is 3.17. The van der Waals surface area contributed by atoms with E-state index < -0.39 is 34.9 Å². The molecule has 2 heterocycles. The number of benzene rings is 2. The minimum Gasteiger partial charge on any atom is -0.432 e. The van der Waals surface area contributed by atoms with Gasteiger partial charge in [-0.2, -0.15) is 5.26 Å². The van der Waals surface area contributed by atoms with Crippen molar-refractivity contribution >= 4 is 5.91 Å². The van der Waals surface area contributed by atoms with Gasteiger partial charge < -0.3 is 9.64 Å². The molecule has 0 unspecified atom stereocenters. The molecule has 3 aromatic rings. The van der Waals surface area contributed by atoms with Crippen LogP contribution in [0.15, 0.2) is 42.6 Å². The van der Waals surface area contributed by atoms with Crippen LogP contribution in [0.2, 0.25) is 0 Å². The summed E-state index contributed by atoms with van der Waals surface area (Å²) in [7, 11) is 0. The number of halogens is 4. The van der Waals surface area contributed by atoms with Crippen LogP contribution in [-0.4, -0.2) is 15.8 Å². The highest BCUT2D eigenvalue weighted by Gasteiger charge is 2.33. The van der Waals surface area contributed by atoms with E-state index in [1.165, 1.54) is 17.2 Å². The summed E-state index contributed by atoms with van der Waals surface area (Å²) in [6, 6.07) is 7.65. The summed E-state index contributed by atoms with van der Waals surface area (Å²) in [5.74, 6) is -5.32.